The molecule has 0 bridgehead atoms. The van der Waals surface area contributed by atoms with Crippen LogP contribution in [-0.4, -0.2) is 89.2 Å². The number of ether oxygens (including phenoxy) is 1. The summed E-state index contributed by atoms with van der Waals surface area (Å²) in [4.78, 5) is 15.3. The van der Waals surface area contributed by atoms with Crippen LogP contribution < -0.4 is 10.1 Å². The maximum atomic E-state index is 13.2. The lowest BCUT2D eigenvalue weighted by Crippen LogP contribution is -2.47. The number of carbonyl (C=O) groups excluding carboxylic acids is 1. The fourth-order valence-electron chi connectivity index (χ4n) is 4.57. The Bertz CT molecular complexity index is 1360. The van der Waals surface area contributed by atoms with E-state index in [1.165, 1.54) is 38.9 Å². The summed E-state index contributed by atoms with van der Waals surface area (Å²) in [5.74, 6) is -0.457. The molecule has 0 spiro atoms. The quantitative estimate of drug-likeness (QED) is 0.507. The van der Waals surface area contributed by atoms with E-state index in [9.17, 15) is 21.6 Å². The summed E-state index contributed by atoms with van der Waals surface area (Å²) in [6, 6.07) is 10.4. The highest BCUT2D eigenvalue weighted by Gasteiger charge is 2.34. The topological polar surface area (TPSA) is 116 Å². The second-order valence-corrected chi connectivity index (χ2v) is 13.7. The van der Waals surface area contributed by atoms with Crippen molar-refractivity contribution in [1.29, 1.82) is 0 Å². The molecular weight excluding hydrogens is 552 g/mol. The lowest BCUT2D eigenvalue weighted by atomic mass is 9.99. The first-order valence-corrected chi connectivity index (χ1v) is 15.8. The van der Waals surface area contributed by atoms with Crippen molar-refractivity contribution in [2.45, 2.75) is 29.6 Å². The number of sulfonamides is 2. The van der Waals surface area contributed by atoms with Crippen molar-refractivity contribution in [2.24, 2.45) is 5.92 Å². The Morgan fingerprint density at radius 2 is 1.58 bits per heavy atom. The summed E-state index contributed by atoms with van der Waals surface area (Å²) in [6.45, 7) is 4.77. The van der Waals surface area contributed by atoms with Crippen LogP contribution in [0.2, 0.25) is 5.02 Å². The molecule has 0 saturated carbocycles. The number of benzene rings is 2. The Hall–Kier alpha value is -2.22. The molecule has 1 atom stereocenters. The average Bonchev–Trinajstić information content (AvgIpc) is 2.90. The number of hydrogen-bond donors (Lipinski definition) is 1. The molecule has 1 amide bonds. The molecule has 2 fully saturated rings. The fourth-order valence-corrected chi connectivity index (χ4v) is 7.84. The monoisotopic (exact) mass is 584 g/mol. The van der Waals surface area contributed by atoms with Gasteiger partial charge >= 0.3 is 0 Å². The Morgan fingerprint density at radius 1 is 0.947 bits per heavy atom. The first-order chi connectivity index (χ1) is 18.0. The smallest absolute Gasteiger partial charge is 0.243 e. The molecule has 0 radical (unpaired) electrons. The minimum atomic E-state index is -3.85. The first-order valence-electron chi connectivity index (χ1n) is 12.5. The highest BCUT2D eigenvalue weighted by atomic mass is 35.5. The van der Waals surface area contributed by atoms with Gasteiger partial charge in [0.25, 0.3) is 0 Å². The molecule has 10 nitrogen and oxygen atoms in total. The molecule has 0 unspecified atom stereocenters. The number of amides is 1. The summed E-state index contributed by atoms with van der Waals surface area (Å²) in [5.41, 5.74) is 0.450. The van der Waals surface area contributed by atoms with E-state index in [1.807, 2.05) is 14.0 Å². The van der Waals surface area contributed by atoms with Crippen LogP contribution >= 0.6 is 11.6 Å². The van der Waals surface area contributed by atoms with Gasteiger partial charge in [-0.1, -0.05) is 11.6 Å². The van der Waals surface area contributed by atoms with Gasteiger partial charge in [0.15, 0.2) is 0 Å². The Kier molecular flexibility index (Phi) is 9.00. The molecule has 2 aliphatic heterocycles. The van der Waals surface area contributed by atoms with Gasteiger partial charge in [0.05, 0.1) is 27.3 Å². The van der Waals surface area contributed by atoms with Gasteiger partial charge in [0.1, 0.15) is 5.75 Å². The summed E-state index contributed by atoms with van der Waals surface area (Å²) < 4.78 is 60.5. The summed E-state index contributed by atoms with van der Waals surface area (Å²) >= 11 is 6.20. The van der Waals surface area contributed by atoms with Gasteiger partial charge in [-0.15, -0.1) is 0 Å². The number of nitrogens with one attached hydrogen (secondary N) is 1. The van der Waals surface area contributed by atoms with Crippen molar-refractivity contribution >= 4 is 43.2 Å². The molecule has 2 saturated heterocycles. The average molecular weight is 585 g/mol. The molecule has 38 heavy (non-hydrogen) atoms. The zero-order valence-electron chi connectivity index (χ0n) is 21.5. The van der Waals surface area contributed by atoms with Gasteiger partial charge in [-0.2, -0.15) is 8.61 Å². The molecule has 4 rings (SSSR count). The highest BCUT2D eigenvalue weighted by Crippen LogP contribution is 2.31. The number of piperidine rings is 1. The normalized spacial score (nSPS) is 20.2. The molecule has 208 valence electrons. The molecule has 13 heteroatoms. The zero-order valence-corrected chi connectivity index (χ0v) is 23.9. The van der Waals surface area contributed by atoms with E-state index >= 15 is 0 Å². The van der Waals surface area contributed by atoms with E-state index in [-0.39, 0.29) is 27.3 Å². The Morgan fingerprint density at radius 3 is 2.21 bits per heavy atom. The van der Waals surface area contributed by atoms with E-state index in [0.717, 1.165) is 0 Å². The van der Waals surface area contributed by atoms with Crippen molar-refractivity contribution in [2.75, 3.05) is 58.2 Å². The number of halogens is 1. The Balaban J connectivity index is 1.40. The van der Waals surface area contributed by atoms with Crippen molar-refractivity contribution in [1.82, 2.24) is 13.5 Å². The molecule has 0 aliphatic carbocycles. The van der Waals surface area contributed by atoms with Crippen molar-refractivity contribution in [3.05, 3.63) is 47.5 Å². The number of likely N-dealkylation sites (N-methyl/N-ethyl adjacent to an activating group) is 1. The van der Waals surface area contributed by atoms with E-state index in [1.54, 1.807) is 12.1 Å². The summed E-state index contributed by atoms with van der Waals surface area (Å²) in [6.07, 6.45) is 1.07. The van der Waals surface area contributed by atoms with Gasteiger partial charge in [-0.25, -0.2) is 16.8 Å². The number of piperazine rings is 1. The van der Waals surface area contributed by atoms with Crippen LogP contribution in [0.1, 0.15) is 19.8 Å². The van der Waals surface area contributed by atoms with Crippen molar-refractivity contribution < 1.29 is 26.4 Å². The highest BCUT2D eigenvalue weighted by molar-refractivity contribution is 7.89. The van der Waals surface area contributed by atoms with Gasteiger partial charge < -0.3 is 15.0 Å². The third-order valence-electron chi connectivity index (χ3n) is 6.82. The van der Waals surface area contributed by atoms with Crippen LogP contribution in [0.5, 0.6) is 5.75 Å². The van der Waals surface area contributed by atoms with Crippen LogP contribution in [0, 0.1) is 5.92 Å². The zero-order chi connectivity index (χ0) is 27.5. The lowest BCUT2D eigenvalue weighted by Gasteiger charge is -2.31. The summed E-state index contributed by atoms with van der Waals surface area (Å²) in [7, 11) is -5.50. The van der Waals surface area contributed by atoms with Crippen molar-refractivity contribution in [3.8, 4) is 5.75 Å². The summed E-state index contributed by atoms with van der Waals surface area (Å²) in [5, 5.41) is 3.01. The molecular formula is C25H33ClN4O6S2. The van der Waals surface area contributed by atoms with Gasteiger partial charge in [0, 0.05) is 45.0 Å². The predicted molar refractivity (Wildman–Crippen MR) is 145 cm³/mol. The second kappa shape index (κ2) is 11.9. The SMILES string of the molecule is CCOc1ccc(S(=O)(=O)N2CCC[C@@H](C(=O)Nc3ccc(S(=O)(=O)N4CCN(C)CC4)cc3)C2)cc1Cl. The number of hydrogen-bond acceptors (Lipinski definition) is 7. The van der Waals surface area contributed by atoms with Crippen LogP contribution in [0.15, 0.2) is 52.3 Å². The molecule has 2 heterocycles. The molecule has 2 aromatic carbocycles. The lowest BCUT2D eigenvalue weighted by molar-refractivity contribution is -0.120. The van der Waals surface area contributed by atoms with Gasteiger partial charge in [0.2, 0.25) is 26.0 Å². The predicted octanol–water partition coefficient (Wildman–Crippen LogP) is 2.71. The van der Waals surface area contributed by atoms with Crippen molar-refractivity contribution in [3.63, 3.8) is 0 Å². The largest absolute Gasteiger partial charge is 0.492 e. The molecule has 2 aromatic rings. The maximum Gasteiger partial charge on any atom is 0.243 e. The third-order valence-corrected chi connectivity index (χ3v) is 10.9. The van der Waals surface area contributed by atoms with E-state index in [0.29, 0.717) is 63.6 Å². The van der Waals surface area contributed by atoms with E-state index in [4.69, 9.17) is 16.3 Å². The Labute approximate surface area is 229 Å². The van der Waals surface area contributed by atoms with Crippen LogP contribution in [-0.2, 0) is 24.8 Å². The minimum absolute atomic E-state index is 0.0366. The van der Waals surface area contributed by atoms with Crippen LogP contribution in [0.25, 0.3) is 0 Å². The van der Waals surface area contributed by atoms with Crippen LogP contribution in [0.3, 0.4) is 0 Å². The first kappa shape index (κ1) is 28.8. The second-order valence-electron chi connectivity index (χ2n) is 9.45. The van der Waals surface area contributed by atoms with Gasteiger partial charge in [-0.3, -0.25) is 4.79 Å². The molecule has 0 aromatic heterocycles. The van der Waals surface area contributed by atoms with E-state index in [2.05, 4.69) is 10.2 Å². The number of rotatable bonds is 8. The molecule has 1 N–H and O–H groups in total. The van der Waals surface area contributed by atoms with Crippen LogP contribution in [0.4, 0.5) is 5.69 Å². The number of anilines is 1. The standard InChI is InChI=1S/C25H33ClN4O6S2/c1-3-36-24-11-10-22(17-23(24)26)38(34,35)30-12-4-5-19(18-30)25(31)27-20-6-8-21(9-7-20)37(32,33)29-15-13-28(2)14-16-29/h6-11,17,19H,3-5,12-16,18H2,1-2H3,(H,27,31)/t19-/m1/s1. The number of carbonyl (C=O) groups is 1. The fraction of sp³-hybridized carbons (Fsp3) is 0.480. The molecule has 2 aliphatic rings. The number of nitrogens with zero attached hydrogens (tertiary/aromatic N) is 3. The van der Waals surface area contributed by atoms with Gasteiger partial charge in [-0.05, 0) is 69.3 Å². The van der Waals surface area contributed by atoms with E-state index < -0.39 is 26.0 Å². The third kappa shape index (κ3) is 6.32. The minimum Gasteiger partial charge on any atom is -0.492 e. The maximum absolute atomic E-state index is 13.2.